The van der Waals surface area contributed by atoms with Crippen LogP contribution in [0.4, 0.5) is 0 Å². The van der Waals surface area contributed by atoms with Crippen LogP contribution in [0, 0.1) is 0 Å². The fraction of sp³-hybridized carbons (Fsp3) is 0.0588. The van der Waals surface area contributed by atoms with Crippen LogP contribution in [0.1, 0.15) is 5.56 Å². The average molecular weight is 218 g/mol. The van der Waals surface area contributed by atoms with Crippen molar-refractivity contribution in [2.24, 2.45) is 0 Å². The van der Waals surface area contributed by atoms with E-state index in [1.54, 1.807) is 0 Å². The minimum absolute atomic E-state index is 0.965. The number of rotatable bonds is 2. The third kappa shape index (κ3) is 1.83. The van der Waals surface area contributed by atoms with Crippen LogP contribution in [0.15, 0.2) is 66.7 Å². The number of hydrogen-bond acceptors (Lipinski definition) is 0. The lowest BCUT2D eigenvalue weighted by molar-refractivity contribution is 1.28. The molecule has 3 rings (SSSR count). The molecule has 82 valence electrons. The van der Waals surface area contributed by atoms with Crippen LogP contribution < -0.4 is 10.4 Å². The van der Waals surface area contributed by atoms with Crippen molar-refractivity contribution in [3.8, 4) is 0 Å². The molecule has 0 heteroatoms. The van der Waals surface area contributed by atoms with Gasteiger partial charge < -0.3 is 0 Å². The van der Waals surface area contributed by atoms with Gasteiger partial charge in [-0.05, 0) is 39.6 Å². The van der Waals surface area contributed by atoms with Crippen molar-refractivity contribution in [2.45, 2.75) is 6.42 Å². The molecule has 1 aliphatic carbocycles. The quantitative estimate of drug-likeness (QED) is 0.726. The second kappa shape index (κ2) is 4.06. The number of fused-ring (bicyclic) bond motifs is 1. The topological polar surface area (TPSA) is 0 Å². The summed E-state index contributed by atoms with van der Waals surface area (Å²) in [5.41, 5.74) is 3.84. The van der Waals surface area contributed by atoms with E-state index in [1.165, 1.54) is 21.6 Å². The molecule has 0 N–H and O–H groups in total. The minimum Gasteiger partial charge on any atom is -0.0914 e. The second-order valence-electron chi connectivity index (χ2n) is 4.40. The lowest BCUT2D eigenvalue weighted by atomic mass is 10.0. The molecule has 0 aliphatic heterocycles. The lowest BCUT2D eigenvalue weighted by Gasteiger charge is -2.04. The fourth-order valence-electron chi connectivity index (χ4n) is 2.35. The van der Waals surface area contributed by atoms with Gasteiger partial charge in [-0.15, -0.1) is 0 Å². The highest BCUT2D eigenvalue weighted by Crippen LogP contribution is 2.17. The summed E-state index contributed by atoms with van der Waals surface area (Å²) in [6, 6.07) is 19.1. The Morgan fingerprint density at radius 3 is 2.35 bits per heavy atom. The molecule has 0 nitrogen and oxygen atoms in total. The number of allylic oxidation sites excluding steroid dienone is 1. The molecule has 0 saturated heterocycles. The monoisotopic (exact) mass is 218 g/mol. The second-order valence-corrected chi connectivity index (χ2v) is 4.40. The van der Waals surface area contributed by atoms with Crippen LogP contribution in [0.25, 0.3) is 11.6 Å². The molecule has 0 saturated carbocycles. The average Bonchev–Trinajstić information content (AvgIpc) is 2.68. The number of hydrogen-bond donors (Lipinski definition) is 0. The molecule has 0 aromatic heterocycles. The van der Waals surface area contributed by atoms with E-state index >= 15 is 0 Å². The maximum absolute atomic E-state index is 4.15. The SMILES string of the molecule is C=C1C=c2ccccc2=C1Cc1ccccc1. The highest BCUT2D eigenvalue weighted by Gasteiger charge is 2.09. The van der Waals surface area contributed by atoms with E-state index in [0.717, 1.165) is 12.0 Å². The van der Waals surface area contributed by atoms with Crippen LogP contribution in [-0.2, 0) is 6.42 Å². The van der Waals surface area contributed by atoms with Crippen molar-refractivity contribution in [1.29, 1.82) is 0 Å². The normalized spacial score (nSPS) is 13.4. The summed E-state index contributed by atoms with van der Waals surface area (Å²) < 4.78 is 0. The first-order valence-corrected chi connectivity index (χ1v) is 5.88. The summed E-state index contributed by atoms with van der Waals surface area (Å²) in [5, 5.41) is 2.63. The van der Waals surface area contributed by atoms with Gasteiger partial charge >= 0.3 is 0 Å². The van der Waals surface area contributed by atoms with Gasteiger partial charge in [0.15, 0.2) is 0 Å². The molecule has 0 amide bonds. The maximum atomic E-state index is 4.15. The van der Waals surface area contributed by atoms with Crippen LogP contribution in [-0.4, -0.2) is 0 Å². The van der Waals surface area contributed by atoms with Crippen LogP contribution in [0.3, 0.4) is 0 Å². The van der Waals surface area contributed by atoms with Crippen LogP contribution in [0.2, 0.25) is 0 Å². The molecule has 0 atom stereocenters. The van der Waals surface area contributed by atoms with Crippen molar-refractivity contribution in [3.63, 3.8) is 0 Å². The van der Waals surface area contributed by atoms with Crippen molar-refractivity contribution in [3.05, 3.63) is 82.8 Å². The van der Waals surface area contributed by atoms with E-state index < -0.39 is 0 Å². The minimum atomic E-state index is 0.965. The Balaban J connectivity index is 2.11. The first-order chi connectivity index (χ1) is 8.34. The molecule has 0 bridgehead atoms. The van der Waals surface area contributed by atoms with Gasteiger partial charge in [0.2, 0.25) is 0 Å². The highest BCUT2D eigenvalue weighted by molar-refractivity contribution is 5.81. The Kier molecular flexibility index (Phi) is 2.41. The third-order valence-electron chi connectivity index (χ3n) is 3.23. The zero-order valence-electron chi connectivity index (χ0n) is 9.69. The van der Waals surface area contributed by atoms with Crippen molar-refractivity contribution >= 4 is 11.6 Å². The zero-order valence-corrected chi connectivity index (χ0v) is 9.69. The summed E-state index contributed by atoms with van der Waals surface area (Å²) in [6.07, 6.45) is 3.14. The Morgan fingerprint density at radius 1 is 0.824 bits per heavy atom. The largest absolute Gasteiger partial charge is 0.0914 e. The van der Waals surface area contributed by atoms with E-state index in [4.69, 9.17) is 0 Å². The Labute approximate surface area is 101 Å². The first-order valence-electron chi connectivity index (χ1n) is 5.88. The first kappa shape index (κ1) is 10.1. The van der Waals surface area contributed by atoms with Gasteiger partial charge in [-0.25, -0.2) is 0 Å². The molecule has 0 fully saturated rings. The van der Waals surface area contributed by atoms with Gasteiger partial charge in [-0.1, -0.05) is 61.2 Å². The van der Waals surface area contributed by atoms with Gasteiger partial charge in [0.05, 0.1) is 0 Å². The van der Waals surface area contributed by atoms with Crippen LogP contribution >= 0.6 is 0 Å². The fourth-order valence-corrected chi connectivity index (χ4v) is 2.35. The Hall–Kier alpha value is -2.08. The van der Waals surface area contributed by atoms with E-state index in [0.29, 0.717) is 0 Å². The summed E-state index contributed by atoms with van der Waals surface area (Å²) in [7, 11) is 0. The van der Waals surface area contributed by atoms with Gasteiger partial charge in [-0.2, -0.15) is 0 Å². The summed E-state index contributed by atoms with van der Waals surface area (Å²) in [5.74, 6) is 0. The number of benzene rings is 2. The standard InChI is InChI=1S/C17H14/c1-13-11-15-9-5-6-10-16(15)17(13)12-14-7-3-2-4-8-14/h2-11H,1,12H2. The predicted molar refractivity (Wildman–Crippen MR) is 72.9 cm³/mol. The van der Waals surface area contributed by atoms with Gasteiger partial charge in [0.25, 0.3) is 0 Å². The molecule has 2 aromatic rings. The molecule has 0 heterocycles. The Morgan fingerprint density at radius 2 is 1.53 bits per heavy atom. The van der Waals surface area contributed by atoms with E-state index in [1.807, 2.05) is 0 Å². The van der Waals surface area contributed by atoms with Gasteiger partial charge in [0.1, 0.15) is 0 Å². The summed E-state index contributed by atoms with van der Waals surface area (Å²) in [4.78, 5) is 0. The molecule has 17 heavy (non-hydrogen) atoms. The van der Waals surface area contributed by atoms with Crippen molar-refractivity contribution < 1.29 is 0 Å². The summed E-state index contributed by atoms with van der Waals surface area (Å²) in [6.45, 7) is 4.15. The van der Waals surface area contributed by atoms with Gasteiger partial charge in [-0.3, -0.25) is 0 Å². The van der Waals surface area contributed by atoms with E-state index in [2.05, 4.69) is 67.3 Å². The summed E-state index contributed by atoms with van der Waals surface area (Å²) >= 11 is 0. The van der Waals surface area contributed by atoms with Crippen molar-refractivity contribution in [1.82, 2.24) is 0 Å². The van der Waals surface area contributed by atoms with Gasteiger partial charge in [0, 0.05) is 0 Å². The third-order valence-corrected chi connectivity index (χ3v) is 3.23. The molecule has 0 unspecified atom stereocenters. The molecule has 0 radical (unpaired) electrons. The lowest BCUT2D eigenvalue weighted by Crippen LogP contribution is -2.22. The van der Waals surface area contributed by atoms with E-state index in [9.17, 15) is 0 Å². The Bertz CT molecular complexity index is 675. The maximum Gasteiger partial charge on any atom is -0.00139 e. The van der Waals surface area contributed by atoms with Crippen molar-refractivity contribution in [2.75, 3.05) is 0 Å². The van der Waals surface area contributed by atoms with Crippen LogP contribution in [0.5, 0.6) is 0 Å². The smallest absolute Gasteiger partial charge is 0.00139 e. The van der Waals surface area contributed by atoms with E-state index in [-0.39, 0.29) is 0 Å². The zero-order chi connectivity index (χ0) is 11.7. The predicted octanol–water partition coefficient (Wildman–Crippen LogP) is 2.43. The molecular formula is C17H14. The highest BCUT2D eigenvalue weighted by atomic mass is 14.1. The molecule has 2 aromatic carbocycles. The molecule has 1 aliphatic rings. The molecule has 0 spiro atoms. The molecular weight excluding hydrogens is 204 g/mol.